The van der Waals surface area contributed by atoms with Gasteiger partial charge in [-0.25, -0.2) is 0 Å². The molecule has 2 rings (SSSR count). The van der Waals surface area contributed by atoms with Crippen molar-refractivity contribution in [3.05, 3.63) is 30.5 Å². The Morgan fingerprint density at radius 2 is 2.25 bits per heavy atom. The Kier molecular flexibility index (Phi) is 1.76. The van der Waals surface area contributed by atoms with E-state index in [-0.39, 0.29) is 0 Å². The molecule has 0 aliphatic heterocycles. The first-order chi connectivity index (χ1) is 5.90. The van der Waals surface area contributed by atoms with Crippen molar-refractivity contribution in [3.8, 4) is 5.75 Å². The van der Waals surface area contributed by atoms with Crippen LogP contribution in [0.3, 0.4) is 0 Å². The van der Waals surface area contributed by atoms with Crippen molar-refractivity contribution >= 4 is 18.7 Å². The molecular formula is C8H6BO3. The summed E-state index contributed by atoms with van der Waals surface area (Å²) in [6.07, 6.45) is 1.61. The highest BCUT2D eigenvalue weighted by molar-refractivity contribution is 6.17. The van der Waals surface area contributed by atoms with Crippen LogP contribution in [0.25, 0.3) is 11.0 Å². The summed E-state index contributed by atoms with van der Waals surface area (Å²) in [4.78, 5) is 0. The Bertz CT molecular complexity index is 382. The van der Waals surface area contributed by atoms with Gasteiger partial charge in [0, 0.05) is 5.39 Å². The molecule has 0 amide bonds. The Balaban J connectivity index is 2.46. The highest BCUT2D eigenvalue weighted by Gasteiger charge is 1.98. The zero-order chi connectivity index (χ0) is 8.39. The molecule has 1 aromatic heterocycles. The van der Waals surface area contributed by atoms with Gasteiger partial charge in [-0.3, -0.25) is 0 Å². The van der Waals surface area contributed by atoms with Crippen molar-refractivity contribution < 1.29 is 14.1 Å². The lowest BCUT2D eigenvalue weighted by Gasteiger charge is -1.99. The molecular weight excluding hydrogens is 155 g/mol. The van der Waals surface area contributed by atoms with E-state index >= 15 is 0 Å². The predicted octanol–water partition coefficient (Wildman–Crippen LogP) is 1.34. The molecule has 3 nitrogen and oxygen atoms in total. The monoisotopic (exact) mass is 161 g/mol. The third kappa shape index (κ3) is 1.17. The smallest absolute Gasteiger partial charge is 0.537 e. The van der Waals surface area contributed by atoms with Gasteiger partial charge in [-0.1, -0.05) is 0 Å². The lowest BCUT2D eigenvalue weighted by molar-refractivity contribution is 0.454. The fraction of sp³-hybridized carbons (Fsp3) is 0. The van der Waals surface area contributed by atoms with Gasteiger partial charge in [0.05, 0.1) is 6.26 Å². The fourth-order valence-corrected chi connectivity index (χ4v) is 1.08. The maximum atomic E-state index is 8.37. The van der Waals surface area contributed by atoms with Crippen LogP contribution in [0.2, 0.25) is 0 Å². The SMILES string of the molecule is O[B]Oc1ccc2occc2c1. The standard InChI is InChI=1S/C8H6BO3/c10-9-12-7-1-2-8-6(5-7)3-4-11-8/h1-5,10H. The maximum absolute atomic E-state index is 8.37. The minimum Gasteiger partial charge on any atom is -0.537 e. The van der Waals surface area contributed by atoms with E-state index in [9.17, 15) is 0 Å². The van der Waals surface area contributed by atoms with E-state index in [1.165, 1.54) is 0 Å². The van der Waals surface area contributed by atoms with E-state index in [1.54, 1.807) is 24.5 Å². The number of fused-ring (bicyclic) bond motifs is 1. The van der Waals surface area contributed by atoms with Crippen molar-refractivity contribution in [1.82, 2.24) is 0 Å². The van der Waals surface area contributed by atoms with Crippen molar-refractivity contribution in [3.63, 3.8) is 0 Å². The number of benzene rings is 1. The van der Waals surface area contributed by atoms with Gasteiger partial charge >= 0.3 is 7.69 Å². The van der Waals surface area contributed by atoms with E-state index in [4.69, 9.17) is 14.1 Å². The average Bonchev–Trinajstić information content (AvgIpc) is 2.51. The molecule has 1 radical (unpaired) electrons. The summed E-state index contributed by atoms with van der Waals surface area (Å²) < 4.78 is 9.89. The van der Waals surface area contributed by atoms with Gasteiger partial charge < -0.3 is 14.1 Å². The molecule has 0 spiro atoms. The first-order valence-corrected chi connectivity index (χ1v) is 3.50. The number of hydrogen-bond donors (Lipinski definition) is 1. The summed E-state index contributed by atoms with van der Waals surface area (Å²) >= 11 is 0. The summed E-state index contributed by atoms with van der Waals surface area (Å²) in [5.41, 5.74) is 0.806. The minimum atomic E-state index is 0.589. The number of hydrogen-bond acceptors (Lipinski definition) is 3. The summed E-state index contributed by atoms with van der Waals surface area (Å²) in [6.45, 7) is 0. The van der Waals surface area contributed by atoms with E-state index in [2.05, 4.69) is 0 Å². The zero-order valence-corrected chi connectivity index (χ0v) is 6.23. The molecule has 0 saturated carbocycles. The normalized spacial score (nSPS) is 10.1. The number of furan rings is 1. The summed E-state index contributed by atoms with van der Waals surface area (Å²) in [5.74, 6) is 0.589. The molecule has 0 unspecified atom stereocenters. The molecule has 4 heteroatoms. The van der Waals surface area contributed by atoms with Gasteiger partial charge in [-0.15, -0.1) is 0 Å². The lowest BCUT2D eigenvalue weighted by atomic mass is 10.2. The van der Waals surface area contributed by atoms with Crippen LogP contribution < -0.4 is 4.65 Å². The quantitative estimate of drug-likeness (QED) is 0.675. The molecule has 0 saturated heterocycles. The molecule has 1 heterocycles. The number of rotatable bonds is 2. The van der Waals surface area contributed by atoms with E-state index in [0.29, 0.717) is 13.4 Å². The predicted molar refractivity (Wildman–Crippen MR) is 44.8 cm³/mol. The van der Waals surface area contributed by atoms with E-state index < -0.39 is 0 Å². The molecule has 0 bridgehead atoms. The second kappa shape index (κ2) is 2.91. The largest absolute Gasteiger partial charge is 0.569 e. The second-order valence-corrected chi connectivity index (χ2v) is 2.34. The molecule has 0 fully saturated rings. The zero-order valence-electron chi connectivity index (χ0n) is 6.23. The van der Waals surface area contributed by atoms with Crippen LogP contribution in [0, 0.1) is 0 Å². The van der Waals surface area contributed by atoms with Gasteiger partial charge in [0.15, 0.2) is 0 Å². The first-order valence-electron chi connectivity index (χ1n) is 3.50. The second-order valence-electron chi connectivity index (χ2n) is 2.34. The third-order valence-corrected chi connectivity index (χ3v) is 1.61. The van der Waals surface area contributed by atoms with Crippen LogP contribution >= 0.6 is 0 Å². The Labute approximate surface area is 69.9 Å². The Hall–Kier alpha value is -1.42. The first kappa shape index (κ1) is 7.25. The van der Waals surface area contributed by atoms with E-state index in [0.717, 1.165) is 11.0 Å². The van der Waals surface area contributed by atoms with Crippen LogP contribution in [0.4, 0.5) is 0 Å². The highest BCUT2D eigenvalue weighted by atomic mass is 16.5. The van der Waals surface area contributed by atoms with Crippen molar-refractivity contribution in [2.75, 3.05) is 0 Å². The molecule has 59 valence electrons. The fourth-order valence-electron chi connectivity index (χ4n) is 1.08. The van der Waals surface area contributed by atoms with Gasteiger partial charge in [0.25, 0.3) is 0 Å². The molecule has 0 aliphatic carbocycles. The van der Waals surface area contributed by atoms with Crippen LogP contribution in [-0.2, 0) is 0 Å². The lowest BCUT2D eigenvalue weighted by Crippen LogP contribution is -1.98. The summed E-state index contributed by atoms with van der Waals surface area (Å²) in [5, 5.41) is 9.32. The van der Waals surface area contributed by atoms with Crippen molar-refractivity contribution in [2.45, 2.75) is 0 Å². The van der Waals surface area contributed by atoms with Crippen LogP contribution in [-0.4, -0.2) is 12.7 Å². The van der Waals surface area contributed by atoms with Gasteiger partial charge in [0.2, 0.25) is 0 Å². The van der Waals surface area contributed by atoms with Crippen LogP contribution in [0.1, 0.15) is 0 Å². The van der Waals surface area contributed by atoms with Crippen LogP contribution in [0.5, 0.6) is 5.75 Å². The topological polar surface area (TPSA) is 42.6 Å². The third-order valence-electron chi connectivity index (χ3n) is 1.61. The summed E-state index contributed by atoms with van der Waals surface area (Å²) in [7, 11) is 0.654. The molecule has 1 aromatic carbocycles. The minimum absolute atomic E-state index is 0.589. The van der Waals surface area contributed by atoms with Gasteiger partial charge in [-0.05, 0) is 24.3 Å². The molecule has 12 heavy (non-hydrogen) atoms. The van der Waals surface area contributed by atoms with Gasteiger partial charge in [-0.2, -0.15) is 0 Å². The summed E-state index contributed by atoms with van der Waals surface area (Å²) in [6, 6.07) is 7.12. The Morgan fingerprint density at radius 3 is 3.08 bits per heavy atom. The molecule has 0 atom stereocenters. The van der Waals surface area contributed by atoms with E-state index in [1.807, 2.05) is 6.07 Å². The Morgan fingerprint density at radius 1 is 1.33 bits per heavy atom. The van der Waals surface area contributed by atoms with Gasteiger partial charge in [0.1, 0.15) is 11.3 Å². The van der Waals surface area contributed by atoms with Crippen molar-refractivity contribution in [1.29, 1.82) is 0 Å². The van der Waals surface area contributed by atoms with Crippen LogP contribution in [0.15, 0.2) is 34.9 Å². The molecule has 2 aromatic rings. The maximum Gasteiger partial charge on any atom is 0.569 e. The highest BCUT2D eigenvalue weighted by Crippen LogP contribution is 2.20. The van der Waals surface area contributed by atoms with Crippen molar-refractivity contribution in [2.24, 2.45) is 0 Å². The average molecular weight is 161 g/mol. The molecule has 0 aliphatic rings. The molecule has 1 N–H and O–H groups in total.